The summed E-state index contributed by atoms with van der Waals surface area (Å²) in [4.78, 5) is 21.4. The number of hydrogen-bond donors (Lipinski definition) is 2. The normalized spacial score (nSPS) is 10.7. The Morgan fingerprint density at radius 2 is 1.69 bits per heavy atom. The molecule has 0 unspecified atom stereocenters. The lowest BCUT2D eigenvalue weighted by atomic mass is 10.1. The number of nitrogens with zero attached hydrogens (tertiary/aromatic N) is 2. The second-order valence-electron chi connectivity index (χ2n) is 7.27. The molecule has 0 radical (unpaired) electrons. The molecule has 2 aromatic carbocycles. The lowest BCUT2D eigenvalue weighted by Gasteiger charge is -2.12. The van der Waals surface area contributed by atoms with E-state index in [1.807, 2.05) is 70.2 Å². The first-order valence-corrected chi connectivity index (χ1v) is 9.58. The first kappa shape index (κ1) is 20.3. The number of nitrogens with one attached hydrogen (secondary N) is 2. The van der Waals surface area contributed by atoms with Crippen LogP contribution in [-0.4, -0.2) is 22.0 Å². The van der Waals surface area contributed by atoms with Gasteiger partial charge in [0, 0.05) is 17.4 Å². The number of aryl methyl sites for hydroxylation is 3. The molecular formula is C23H26N4O2. The minimum absolute atomic E-state index is 0.122. The summed E-state index contributed by atoms with van der Waals surface area (Å²) in [5.41, 5.74) is 4.01. The number of carbonyl (C=O) groups excluding carboxylic acids is 1. The van der Waals surface area contributed by atoms with Gasteiger partial charge in [0.05, 0.1) is 6.10 Å². The van der Waals surface area contributed by atoms with E-state index in [-0.39, 0.29) is 12.0 Å². The van der Waals surface area contributed by atoms with E-state index >= 15 is 0 Å². The van der Waals surface area contributed by atoms with Gasteiger partial charge in [-0.3, -0.25) is 4.79 Å². The van der Waals surface area contributed by atoms with E-state index in [9.17, 15) is 4.79 Å². The Kier molecular flexibility index (Phi) is 6.12. The van der Waals surface area contributed by atoms with Crippen LogP contribution in [0.25, 0.3) is 0 Å². The van der Waals surface area contributed by atoms with Gasteiger partial charge < -0.3 is 15.4 Å². The van der Waals surface area contributed by atoms with Crippen molar-refractivity contribution in [3.05, 3.63) is 71.2 Å². The standard InChI is InChI=1S/C23H26N4O2/c1-14(2)29-19-10-8-18(9-11-19)26-22-13-21(24-17(5)25-22)23(28)27-20-12-15(3)6-7-16(20)4/h6-14H,1-5H3,(H,27,28)(H,24,25,26). The topological polar surface area (TPSA) is 76.1 Å². The van der Waals surface area contributed by atoms with E-state index in [2.05, 4.69) is 20.6 Å². The maximum Gasteiger partial charge on any atom is 0.274 e. The minimum atomic E-state index is -0.270. The predicted octanol–water partition coefficient (Wildman–Crippen LogP) is 5.18. The van der Waals surface area contributed by atoms with Crippen LogP contribution < -0.4 is 15.4 Å². The van der Waals surface area contributed by atoms with Crippen LogP contribution in [-0.2, 0) is 0 Å². The number of rotatable bonds is 6. The lowest BCUT2D eigenvalue weighted by molar-refractivity contribution is 0.102. The van der Waals surface area contributed by atoms with E-state index in [1.54, 1.807) is 13.0 Å². The SMILES string of the molecule is Cc1ccc(C)c(NC(=O)c2cc(Nc3ccc(OC(C)C)cc3)nc(C)n2)c1. The number of benzene rings is 2. The highest BCUT2D eigenvalue weighted by molar-refractivity contribution is 6.03. The van der Waals surface area contributed by atoms with E-state index in [1.165, 1.54) is 0 Å². The molecule has 29 heavy (non-hydrogen) atoms. The molecule has 0 fully saturated rings. The number of ether oxygens (including phenoxy) is 1. The number of hydrogen-bond acceptors (Lipinski definition) is 5. The Hall–Kier alpha value is -3.41. The Morgan fingerprint density at radius 3 is 2.38 bits per heavy atom. The van der Waals surface area contributed by atoms with Crippen LogP contribution in [0, 0.1) is 20.8 Å². The van der Waals surface area contributed by atoms with Gasteiger partial charge in [0.25, 0.3) is 5.91 Å². The summed E-state index contributed by atoms with van der Waals surface area (Å²) in [5.74, 6) is 1.60. The van der Waals surface area contributed by atoms with Gasteiger partial charge in [-0.1, -0.05) is 12.1 Å². The van der Waals surface area contributed by atoms with Gasteiger partial charge in [-0.15, -0.1) is 0 Å². The third kappa shape index (κ3) is 5.54. The summed E-state index contributed by atoms with van der Waals surface area (Å²) in [5, 5.41) is 6.16. The second kappa shape index (κ2) is 8.73. The molecule has 3 aromatic rings. The highest BCUT2D eigenvalue weighted by Gasteiger charge is 2.12. The number of amides is 1. The van der Waals surface area contributed by atoms with Crippen LogP contribution in [0.15, 0.2) is 48.5 Å². The first-order chi connectivity index (χ1) is 13.8. The Balaban J connectivity index is 1.77. The maximum absolute atomic E-state index is 12.7. The quantitative estimate of drug-likeness (QED) is 0.606. The monoisotopic (exact) mass is 390 g/mol. The Bertz CT molecular complexity index is 1010. The largest absolute Gasteiger partial charge is 0.491 e. The highest BCUT2D eigenvalue weighted by atomic mass is 16.5. The molecule has 3 rings (SSSR count). The summed E-state index contributed by atoms with van der Waals surface area (Å²) < 4.78 is 5.66. The van der Waals surface area contributed by atoms with Crippen molar-refractivity contribution in [1.29, 1.82) is 0 Å². The molecule has 1 amide bonds. The minimum Gasteiger partial charge on any atom is -0.491 e. The molecule has 0 saturated heterocycles. The number of anilines is 3. The van der Waals surface area contributed by atoms with Crippen LogP contribution in [0.5, 0.6) is 5.75 Å². The first-order valence-electron chi connectivity index (χ1n) is 9.58. The van der Waals surface area contributed by atoms with E-state index in [0.717, 1.165) is 28.3 Å². The molecule has 0 atom stereocenters. The summed E-state index contributed by atoms with van der Waals surface area (Å²) in [6, 6.07) is 15.2. The van der Waals surface area contributed by atoms with Crippen LogP contribution in [0.4, 0.5) is 17.2 Å². The van der Waals surface area contributed by atoms with Crippen molar-refractivity contribution in [3.63, 3.8) is 0 Å². The van der Waals surface area contributed by atoms with Crippen LogP contribution in [0.1, 0.15) is 41.3 Å². The van der Waals surface area contributed by atoms with Gasteiger partial charge in [0.2, 0.25) is 0 Å². The van der Waals surface area contributed by atoms with Gasteiger partial charge in [0.1, 0.15) is 23.1 Å². The summed E-state index contributed by atoms with van der Waals surface area (Å²) in [6.45, 7) is 9.68. The smallest absolute Gasteiger partial charge is 0.274 e. The third-order valence-electron chi connectivity index (χ3n) is 4.21. The molecule has 6 nitrogen and oxygen atoms in total. The fraction of sp³-hybridized carbons (Fsp3) is 0.261. The van der Waals surface area contributed by atoms with Crippen LogP contribution in [0.3, 0.4) is 0 Å². The van der Waals surface area contributed by atoms with Gasteiger partial charge in [0.15, 0.2) is 0 Å². The third-order valence-corrected chi connectivity index (χ3v) is 4.21. The zero-order chi connectivity index (χ0) is 21.0. The Labute approximate surface area is 171 Å². The van der Waals surface area contributed by atoms with Crippen molar-refractivity contribution in [2.45, 2.75) is 40.7 Å². The lowest BCUT2D eigenvalue weighted by Crippen LogP contribution is -2.16. The van der Waals surface area contributed by atoms with E-state index in [4.69, 9.17) is 4.74 Å². The highest BCUT2D eigenvalue weighted by Crippen LogP contribution is 2.21. The molecule has 2 N–H and O–H groups in total. The molecule has 0 aliphatic heterocycles. The molecule has 0 aliphatic carbocycles. The molecule has 0 aliphatic rings. The summed E-state index contributed by atoms with van der Waals surface area (Å²) >= 11 is 0. The molecule has 0 saturated carbocycles. The molecule has 0 bridgehead atoms. The average molecular weight is 390 g/mol. The van der Waals surface area contributed by atoms with Gasteiger partial charge in [-0.05, 0) is 76.1 Å². The number of carbonyl (C=O) groups is 1. The Morgan fingerprint density at radius 1 is 0.966 bits per heavy atom. The summed E-state index contributed by atoms with van der Waals surface area (Å²) in [7, 11) is 0. The predicted molar refractivity (Wildman–Crippen MR) is 116 cm³/mol. The summed E-state index contributed by atoms with van der Waals surface area (Å²) in [6.07, 6.45) is 0.122. The fourth-order valence-corrected chi connectivity index (χ4v) is 2.84. The van der Waals surface area contributed by atoms with Crippen molar-refractivity contribution < 1.29 is 9.53 Å². The second-order valence-corrected chi connectivity index (χ2v) is 7.27. The maximum atomic E-state index is 12.7. The van der Waals surface area contributed by atoms with E-state index in [0.29, 0.717) is 17.3 Å². The fourth-order valence-electron chi connectivity index (χ4n) is 2.84. The van der Waals surface area contributed by atoms with Crippen LogP contribution in [0.2, 0.25) is 0 Å². The van der Waals surface area contributed by atoms with Gasteiger partial charge in [-0.2, -0.15) is 0 Å². The van der Waals surface area contributed by atoms with Gasteiger partial charge >= 0.3 is 0 Å². The van der Waals surface area contributed by atoms with E-state index < -0.39 is 0 Å². The van der Waals surface area contributed by atoms with Crippen molar-refractivity contribution in [3.8, 4) is 5.75 Å². The van der Waals surface area contributed by atoms with Crippen LogP contribution >= 0.6 is 0 Å². The molecule has 6 heteroatoms. The van der Waals surface area contributed by atoms with Crippen molar-refractivity contribution in [2.75, 3.05) is 10.6 Å². The molecular weight excluding hydrogens is 364 g/mol. The molecule has 1 aromatic heterocycles. The van der Waals surface area contributed by atoms with Crippen molar-refractivity contribution >= 4 is 23.1 Å². The molecule has 1 heterocycles. The zero-order valence-corrected chi connectivity index (χ0v) is 17.4. The molecule has 0 spiro atoms. The van der Waals surface area contributed by atoms with Crippen molar-refractivity contribution in [2.24, 2.45) is 0 Å². The number of aromatic nitrogens is 2. The average Bonchev–Trinajstić information content (AvgIpc) is 2.65. The molecule has 150 valence electrons. The zero-order valence-electron chi connectivity index (χ0n) is 17.4. The van der Waals surface area contributed by atoms with Gasteiger partial charge in [-0.25, -0.2) is 9.97 Å². The van der Waals surface area contributed by atoms with Crippen molar-refractivity contribution in [1.82, 2.24) is 9.97 Å².